The molecule has 0 aliphatic heterocycles. The number of aliphatic hydroxyl groups excluding tert-OH is 2. The van der Waals surface area contributed by atoms with Gasteiger partial charge >= 0.3 is 5.97 Å². The van der Waals surface area contributed by atoms with Gasteiger partial charge in [-0.3, -0.25) is 9.59 Å². The molecule has 0 saturated heterocycles. The summed E-state index contributed by atoms with van der Waals surface area (Å²) in [4.78, 5) is 24.7. The van der Waals surface area contributed by atoms with Crippen molar-refractivity contribution in [3.05, 3.63) is 36.5 Å². The van der Waals surface area contributed by atoms with Crippen molar-refractivity contribution in [2.45, 2.75) is 482 Å². The third-order valence-corrected chi connectivity index (χ3v) is 19.7. The van der Waals surface area contributed by atoms with Crippen molar-refractivity contribution >= 4 is 11.9 Å². The summed E-state index contributed by atoms with van der Waals surface area (Å²) in [6.07, 6.45) is 106. The lowest BCUT2D eigenvalue weighted by Crippen LogP contribution is -2.45. The Morgan fingerprint density at radius 3 is 0.857 bits per heavy atom. The molecule has 0 bridgehead atoms. The van der Waals surface area contributed by atoms with Crippen molar-refractivity contribution in [3.8, 4) is 0 Å². The van der Waals surface area contributed by atoms with Gasteiger partial charge in [-0.25, -0.2) is 0 Å². The predicted molar refractivity (Wildman–Crippen MR) is 403 cm³/mol. The third-order valence-electron chi connectivity index (χ3n) is 19.7. The Labute approximate surface area is 570 Å². The first kappa shape index (κ1) is 89.1. The molecule has 0 aromatic heterocycles. The van der Waals surface area contributed by atoms with Crippen LogP contribution in [0.3, 0.4) is 0 Å². The number of hydrogen-bond donors (Lipinski definition) is 3. The number of ether oxygens (including phenoxy) is 1. The summed E-state index contributed by atoms with van der Waals surface area (Å²) in [6, 6.07) is -0.626. The number of carbonyl (C=O) groups excluding carboxylic acids is 2. The third kappa shape index (κ3) is 77.0. The lowest BCUT2D eigenvalue weighted by molar-refractivity contribution is -0.143. The van der Waals surface area contributed by atoms with E-state index in [-0.39, 0.29) is 18.5 Å². The number of rotatable bonds is 79. The molecule has 2 atom stereocenters. The van der Waals surface area contributed by atoms with E-state index >= 15 is 0 Å². The van der Waals surface area contributed by atoms with Gasteiger partial charge in [0.1, 0.15) is 0 Å². The van der Waals surface area contributed by atoms with E-state index in [1.165, 1.54) is 392 Å². The minimum absolute atomic E-state index is 0.0186. The van der Waals surface area contributed by atoms with Crippen LogP contribution < -0.4 is 5.32 Å². The van der Waals surface area contributed by atoms with Crippen LogP contribution >= 0.6 is 0 Å². The molecule has 3 N–H and O–H groups in total. The van der Waals surface area contributed by atoms with Crippen LogP contribution in [0.5, 0.6) is 0 Å². The molecule has 6 nitrogen and oxygen atoms in total. The van der Waals surface area contributed by atoms with Crippen molar-refractivity contribution in [1.82, 2.24) is 5.32 Å². The number of hydrogen-bond acceptors (Lipinski definition) is 5. The Bertz CT molecular complexity index is 1470. The van der Waals surface area contributed by atoms with E-state index in [4.69, 9.17) is 4.74 Å². The quantitative estimate of drug-likeness (QED) is 0.0320. The molecule has 0 aromatic carbocycles. The normalized spacial score (nSPS) is 12.6. The second-order valence-electron chi connectivity index (χ2n) is 28.8. The van der Waals surface area contributed by atoms with Gasteiger partial charge in [0.25, 0.3) is 0 Å². The Hall–Kier alpha value is -1.92. The maximum Gasteiger partial charge on any atom is 0.305 e. The average molecular weight is 1280 g/mol. The van der Waals surface area contributed by atoms with Crippen LogP contribution in [0, 0.1) is 0 Å². The fourth-order valence-corrected chi connectivity index (χ4v) is 13.3. The Balaban J connectivity index is 3.34. The minimum atomic E-state index is -0.843. The van der Waals surface area contributed by atoms with Gasteiger partial charge in [0.2, 0.25) is 5.91 Å². The SMILES string of the molecule is CCCCC/C=C\C/C=C\CCCCCCCCCCCC(=O)OCCCCCCCCCCCCCCCCCCCCCCCCCCCCCCCCCCCC(=O)NC(CO)C(O)/C=C/CCCCCCCCCCCCCCCCCCCCCC. The number of amides is 1. The van der Waals surface area contributed by atoms with Gasteiger partial charge in [0.15, 0.2) is 0 Å². The van der Waals surface area contributed by atoms with Crippen LogP contribution in [0.2, 0.25) is 0 Å². The highest BCUT2D eigenvalue weighted by Crippen LogP contribution is 2.20. The molecular weight excluding hydrogens is 1110 g/mol. The largest absolute Gasteiger partial charge is 0.466 e. The van der Waals surface area contributed by atoms with Crippen molar-refractivity contribution in [3.63, 3.8) is 0 Å². The molecule has 0 aliphatic rings. The van der Waals surface area contributed by atoms with Crippen molar-refractivity contribution in [2.24, 2.45) is 0 Å². The summed E-state index contributed by atoms with van der Waals surface area (Å²) < 4.78 is 5.52. The fraction of sp³-hybridized carbons (Fsp3) is 0.906. The zero-order chi connectivity index (χ0) is 65.6. The zero-order valence-corrected chi connectivity index (χ0v) is 61.9. The van der Waals surface area contributed by atoms with Crippen LogP contribution in [0.4, 0.5) is 0 Å². The standard InChI is InChI=1S/C85H163NO5/c1-3-5-7-9-11-13-15-17-19-21-23-24-38-42-45-49-53-57-61-65-69-73-77-83(88)82(81-87)86-84(89)78-74-70-66-62-58-54-50-46-43-39-36-34-32-30-28-26-25-27-29-31-33-35-37-40-44-48-52-56-60-64-68-72-76-80-91-85(90)79-75-71-67-63-59-55-51-47-41-22-20-18-16-14-12-10-8-6-4-2/h12,14,18,20,73,77,82-83,87-88H,3-11,13,15-17,19,21-72,74-76,78-81H2,1-2H3,(H,86,89)/b14-12-,20-18-,77-73+. The Morgan fingerprint density at radius 2 is 0.549 bits per heavy atom. The van der Waals surface area contributed by atoms with Gasteiger partial charge in [-0.15, -0.1) is 0 Å². The van der Waals surface area contributed by atoms with Gasteiger partial charge in [-0.05, 0) is 64.2 Å². The highest BCUT2D eigenvalue weighted by atomic mass is 16.5. The van der Waals surface area contributed by atoms with Crippen LogP contribution in [0.1, 0.15) is 470 Å². The van der Waals surface area contributed by atoms with Crippen molar-refractivity contribution in [2.75, 3.05) is 13.2 Å². The monoisotopic (exact) mass is 1280 g/mol. The summed E-state index contributed by atoms with van der Waals surface area (Å²) in [5.41, 5.74) is 0. The second-order valence-corrected chi connectivity index (χ2v) is 28.8. The lowest BCUT2D eigenvalue weighted by atomic mass is 10.0. The molecule has 0 aliphatic carbocycles. The molecular formula is C85H163NO5. The molecule has 2 unspecified atom stereocenters. The topological polar surface area (TPSA) is 95.9 Å². The average Bonchev–Trinajstić information content (AvgIpc) is 3.58. The number of nitrogens with one attached hydrogen (secondary N) is 1. The molecule has 6 heteroatoms. The molecule has 0 heterocycles. The molecule has 0 fully saturated rings. The number of carbonyl (C=O) groups is 2. The molecule has 0 radical (unpaired) electrons. The summed E-state index contributed by atoms with van der Waals surface area (Å²) in [5.74, 6) is -0.0396. The zero-order valence-electron chi connectivity index (χ0n) is 61.9. The number of allylic oxidation sites excluding steroid dienone is 5. The second kappa shape index (κ2) is 80.5. The van der Waals surface area contributed by atoms with Crippen LogP contribution in [0.25, 0.3) is 0 Å². The summed E-state index contributed by atoms with van der Waals surface area (Å²) in [6.45, 7) is 4.93. The highest BCUT2D eigenvalue weighted by Gasteiger charge is 2.18. The maximum atomic E-state index is 12.6. The Morgan fingerprint density at radius 1 is 0.308 bits per heavy atom. The van der Waals surface area contributed by atoms with Gasteiger partial charge < -0.3 is 20.3 Å². The van der Waals surface area contributed by atoms with Gasteiger partial charge in [0.05, 0.1) is 25.4 Å². The van der Waals surface area contributed by atoms with E-state index in [0.717, 1.165) is 51.4 Å². The van der Waals surface area contributed by atoms with E-state index < -0.39 is 12.1 Å². The van der Waals surface area contributed by atoms with E-state index in [2.05, 4.69) is 43.5 Å². The van der Waals surface area contributed by atoms with Crippen LogP contribution in [-0.2, 0) is 14.3 Å². The summed E-state index contributed by atoms with van der Waals surface area (Å²) in [7, 11) is 0. The smallest absolute Gasteiger partial charge is 0.305 e. The van der Waals surface area contributed by atoms with Crippen molar-refractivity contribution in [1.29, 1.82) is 0 Å². The molecule has 0 spiro atoms. The first-order chi connectivity index (χ1) is 45.0. The van der Waals surface area contributed by atoms with E-state index in [9.17, 15) is 19.8 Å². The maximum absolute atomic E-state index is 12.6. The Kier molecular flexibility index (Phi) is 78.8. The molecule has 0 rings (SSSR count). The minimum Gasteiger partial charge on any atom is -0.466 e. The van der Waals surface area contributed by atoms with E-state index in [0.29, 0.717) is 19.4 Å². The lowest BCUT2D eigenvalue weighted by Gasteiger charge is -2.20. The first-order valence-electron chi connectivity index (χ1n) is 41.8. The fourth-order valence-electron chi connectivity index (χ4n) is 13.3. The van der Waals surface area contributed by atoms with Crippen LogP contribution in [0.15, 0.2) is 36.5 Å². The number of esters is 1. The van der Waals surface area contributed by atoms with Gasteiger partial charge in [-0.1, -0.05) is 429 Å². The molecule has 538 valence electrons. The van der Waals surface area contributed by atoms with E-state index in [1.54, 1.807) is 6.08 Å². The summed E-state index contributed by atoms with van der Waals surface area (Å²) >= 11 is 0. The predicted octanol–water partition coefficient (Wildman–Crippen LogP) is 27.8. The molecule has 1 amide bonds. The van der Waals surface area contributed by atoms with Gasteiger partial charge in [0, 0.05) is 12.8 Å². The first-order valence-corrected chi connectivity index (χ1v) is 41.8. The molecule has 91 heavy (non-hydrogen) atoms. The molecule has 0 saturated carbocycles. The van der Waals surface area contributed by atoms with Gasteiger partial charge in [-0.2, -0.15) is 0 Å². The van der Waals surface area contributed by atoms with Crippen LogP contribution in [-0.4, -0.2) is 47.4 Å². The summed E-state index contributed by atoms with van der Waals surface area (Å²) in [5, 5.41) is 23.3. The number of aliphatic hydroxyl groups is 2. The van der Waals surface area contributed by atoms with Crippen molar-refractivity contribution < 1.29 is 24.5 Å². The van der Waals surface area contributed by atoms with E-state index in [1.807, 2.05) is 6.08 Å². The molecule has 0 aromatic rings. The number of unbranched alkanes of at least 4 members (excludes halogenated alkanes) is 64. The highest BCUT2D eigenvalue weighted by molar-refractivity contribution is 5.76.